The average molecular weight is 285 g/mol. The van der Waals surface area contributed by atoms with E-state index in [2.05, 4.69) is 10.6 Å². The molecule has 1 saturated carbocycles. The molecule has 0 amide bonds. The summed E-state index contributed by atoms with van der Waals surface area (Å²) in [5.41, 5.74) is 2.06. The van der Waals surface area contributed by atoms with E-state index in [0.29, 0.717) is 18.6 Å². The van der Waals surface area contributed by atoms with E-state index in [1.54, 1.807) is 0 Å². The number of ketones is 1. The zero-order chi connectivity index (χ0) is 14.8. The van der Waals surface area contributed by atoms with Crippen molar-refractivity contribution in [3.63, 3.8) is 0 Å². The van der Waals surface area contributed by atoms with Crippen molar-refractivity contribution in [3.8, 4) is 0 Å². The molecule has 3 rings (SSSR count). The monoisotopic (exact) mass is 285 g/mol. The minimum Gasteiger partial charge on any atom is -0.469 e. The SMILES string of the molecule is COC(=O)Cc1cn(C2CCCC(=O)C2)c2ccccc12. The summed E-state index contributed by atoms with van der Waals surface area (Å²) in [6.45, 7) is 0. The van der Waals surface area contributed by atoms with Crippen molar-refractivity contribution in [2.24, 2.45) is 0 Å². The van der Waals surface area contributed by atoms with Gasteiger partial charge in [0.2, 0.25) is 0 Å². The molecule has 1 fully saturated rings. The van der Waals surface area contributed by atoms with Gasteiger partial charge in [-0.2, -0.15) is 0 Å². The van der Waals surface area contributed by atoms with Gasteiger partial charge in [0.15, 0.2) is 0 Å². The fraction of sp³-hybridized carbons (Fsp3) is 0.412. The lowest BCUT2D eigenvalue weighted by molar-refractivity contribution is -0.139. The van der Waals surface area contributed by atoms with E-state index in [1.807, 2.05) is 24.4 Å². The van der Waals surface area contributed by atoms with Crippen molar-refractivity contribution in [1.29, 1.82) is 0 Å². The molecule has 0 aliphatic heterocycles. The third-order valence-electron chi connectivity index (χ3n) is 4.24. The number of hydrogen-bond acceptors (Lipinski definition) is 3. The number of hydrogen-bond donors (Lipinski definition) is 0. The number of carbonyl (C=O) groups is 2. The van der Waals surface area contributed by atoms with Crippen LogP contribution in [0.4, 0.5) is 0 Å². The molecule has 1 unspecified atom stereocenters. The summed E-state index contributed by atoms with van der Waals surface area (Å²) >= 11 is 0. The molecular formula is C17H19NO3. The fourth-order valence-electron chi connectivity index (χ4n) is 3.19. The van der Waals surface area contributed by atoms with Gasteiger partial charge < -0.3 is 9.30 Å². The van der Waals surface area contributed by atoms with Crippen molar-refractivity contribution < 1.29 is 14.3 Å². The van der Waals surface area contributed by atoms with Crippen LogP contribution in [0.2, 0.25) is 0 Å². The van der Waals surface area contributed by atoms with Crippen molar-refractivity contribution in [1.82, 2.24) is 4.57 Å². The minimum atomic E-state index is -0.238. The molecule has 0 radical (unpaired) electrons. The van der Waals surface area contributed by atoms with Crippen LogP contribution in [0, 0.1) is 0 Å². The van der Waals surface area contributed by atoms with Gasteiger partial charge in [-0.15, -0.1) is 0 Å². The Hall–Kier alpha value is -2.10. The molecule has 110 valence electrons. The summed E-state index contributed by atoms with van der Waals surface area (Å²) in [6, 6.07) is 8.25. The number of nitrogens with zero attached hydrogens (tertiary/aromatic N) is 1. The maximum absolute atomic E-state index is 11.7. The summed E-state index contributed by atoms with van der Waals surface area (Å²) in [6.07, 6.45) is 5.54. The van der Waals surface area contributed by atoms with E-state index >= 15 is 0 Å². The quantitative estimate of drug-likeness (QED) is 0.814. The molecular weight excluding hydrogens is 266 g/mol. The van der Waals surface area contributed by atoms with Crippen molar-refractivity contribution >= 4 is 22.7 Å². The van der Waals surface area contributed by atoms with Gasteiger partial charge in [0.1, 0.15) is 5.78 Å². The van der Waals surface area contributed by atoms with Crippen molar-refractivity contribution in [2.45, 2.75) is 38.1 Å². The molecule has 0 N–H and O–H groups in total. The lowest BCUT2D eigenvalue weighted by Crippen LogP contribution is -2.18. The zero-order valence-electron chi connectivity index (χ0n) is 12.2. The van der Waals surface area contributed by atoms with Gasteiger partial charge in [-0.05, 0) is 24.5 Å². The van der Waals surface area contributed by atoms with Gasteiger partial charge in [-0.3, -0.25) is 9.59 Å². The molecule has 1 aliphatic carbocycles. The smallest absolute Gasteiger partial charge is 0.310 e. The lowest BCUT2D eigenvalue weighted by Gasteiger charge is -2.23. The molecule has 0 saturated heterocycles. The lowest BCUT2D eigenvalue weighted by atomic mass is 9.94. The minimum absolute atomic E-state index is 0.211. The first-order valence-electron chi connectivity index (χ1n) is 7.36. The number of aromatic nitrogens is 1. The first-order chi connectivity index (χ1) is 10.2. The molecule has 1 aromatic heterocycles. The van der Waals surface area contributed by atoms with E-state index in [-0.39, 0.29) is 18.4 Å². The van der Waals surface area contributed by atoms with Crippen LogP contribution in [0.1, 0.15) is 37.3 Å². The van der Waals surface area contributed by atoms with E-state index in [9.17, 15) is 9.59 Å². The van der Waals surface area contributed by atoms with Gasteiger partial charge in [0, 0.05) is 36.0 Å². The molecule has 4 nitrogen and oxygen atoms in total. The van der Waals surface area contributed by atoms with E-state index in [4.69, 9.17) is 4.74 Å². The molecule has 1 aromatic carbocycles. The maximum atomic E-state index is 11.7. The molecule has 1 aliphatic rings. The summed E-state index contributed by atoms with van der Waals surface area (Å²) in [7, 11) is 1.40. The third kappa shape index (κ3) is 2.71. The Morgan fingerprint density at radius 3 is 2.95 bits per heavy atom. The molecule has 4 heteroatoms. The number of carbonyl (C=O) groups excluding carboxylic acids is 2. The van der Waals surface area contributed by atoms with Gasteiger partial charge in [0.05, 0.1) is 13.5 Å². The van der Waals surface area contributed by atoms with Gasteiger partial charge >= 0.3 is 5.97 Å². The number of rotatable bonds is 3. The Balaban J connectivity index is 2.02. The van der Waals surface area contributed by atoms with Crippen LogP contribution in [0.25, 0.3) is 10.9 Å². The second-order valence-corrected chi connectivity index (χ2v) is 5.62. The second-order valence-electron chi connectivity index (χ2n) is 5.62. The molecule has 2 aromatic rings. The highest BCUT2D eigenvalue weighted by atomic mass is 16.5. The summed E-state index contributed by atoms with van der Waals surface area (Å²) in [5, 5.41) is 1.07. The predicted octanol–water partition coefficient (Wildman–Crippen LogP) is 3.04. The van der Waals surface area contributed by atoms with Crippen LogP contribution >= 0.6 is 0 Å². The molecule has 21 heavy (non-hydrogen) atoms. The second kappa shape index (κ2) is 5.72. The van der Waals surface area contributed by atoms with E-state index in [1.165, 1.54) is 7.11 Å². The summed E-state index contributed by atoms with van der Waals surface area (Å²) < 4.78 is 6.94. The van der Waals surface area contributed by atoms with E-state index < -0.39 is 0 Å². The van der Waals surface area contributed by atoms with Crippen LogP contribution < -0.4 is 0 Å². The number of esters is 1. The van der Waals surface area contributed by atoms with Gasteiger partial charge in [0.25, 0.3) is 0 Å². The number of fused-ring (bicyclic) bond motifs is 1. The largest absolute Gasteiger partial charge is 0.469 e. The molecule has 1 heterocycles. The highest BCUT2D eigenvalue weighted by Gasteiger charge is 2.23. The summed E-state index contributed by atoms with van der Waals surface area (Å²) in [4.78, 5) is 23.3. The van der Waals surface area contributed by atoms with Crippen LogP contribution in [0.15, 0.2) is 30.5 Å². The fourth-order valence-corrected chi connectivity index (χ4v) is 3.19. The van der Waals surface area contributed by atoms with Crippen molar-refractivity contribution in [2.75, 3.05) is 7.11 Å². The topological polar surface area (TPSA) is 48.3 Å². The molecule has 1 atom stereocenters. The van der Waals surface area contributed by atoms with Crippen molar-refractivity contribution in [3.05, 3.63) is 36.0 Å². The summed E-state index contributed by atoms with van der Waals surface area (Å²) in [5.74, 6) is 0.0937. The molecule has 0 spiro atoms. The van der Waals surface area contributed by atoms with Crippen LogP contribution in [-0.4, -0.2) is 23.4 Å². The Morgan fingerprint density at radius 2 is 2.19 bits per heavy atom. The number of Topliss-reactive ketones (excluding diaryl/α,β-unsaturated/α-hetero) is 1. The zero-order valence-corrected chi connectivity index (χ0v) is 12.2. The third-order valence-corrected chi connectivity index (χ3v) is 4.24. The Kier molecular flexibility index (Phi) is 3.78. The first-order valence-corrected chi connectivity index (χ1v) is 7.36. The van der Waals surface area contributed by atoms with Crippen LogP contribution in [0.5, 0.6) is 0 Å². The first kappa shape index (κ1) is 13.9. The van der Waals surface area contributed by atoms with Gasteiger partial charge in [-0.25, -0.2) is 0 Å². The highest BCUT2D eigenvalue weighted by molar-refractivity contribution is 5.88. The Morgan fingerprint density at radius 1 is 1.38 bits per heavy atom. The van der Waals surface area contributed by atoms with E-state index in [0.717, 1.165) is 29.3 Å². The number of methoxy groups -OCH3 is 1. The maximum Gasteiger partial charge on any atom is 0.310 e. The van der Waals surface area contributed by atoms with Gasteiger partial charge in [-0.1, -0.05) is 18.2 Å². The predicted molar refractivity (Wildman–Crippen MR) is 80.2 cm³/mol. The average Bonchev–Trinajstić information content (AvgIpc) is 2.86. The highest BCUT2D eigenvalue weighted by Crippen LogP contribution is 2.32. The van der Waals surface area contributed by atoms with Crippen LogP contribution in [0.3, 0.4) is 0 Å². The number of ether oxygens (including phenoxy) is 1. The standard InChI is InChI=1S/C17H19NO3/c1-21-17(20)9-12-11-18(13-5-4-6-14(19)10-13)16-8-3-2-7-15(12)16/h2-3,7-8,11,13H,4-6,9-10H2,1H3. The Bertz CT molecular complexity index is 686. The molecule has 0 bridgehead atoms. The Labute approximate surface area is 123 Å². The van der Waals surface area contributed by atoms with Crippen LogP contribution in [-0.2, 0) is 20.7 Å². The normalized spacial score (nSPS) is 18.9. The number of para-hydroxylation sites is 1. The number of benzene rings is 1.